The van der Waals surface area contributed by atoms with Gasteiger partial charge in [-0.05, 0) is 19.3 Å². The number of amides is 1. The number of hydrogen-bond acceptors (Lipinski definition) is 1. The first-order valence-corrected chi connectivity index (χ1v) is 4.32. The lowest BCUT2D eigenvalue weighted by molar-refractivity contribution is -0.118. The number of rotatable bonds is 2. The van der Waals surface area contributed by atoms with E-state index in [1.54, 1.807) is 0 Å². The van der Waals surface area contributed by atoms with Crippen LogP contribution in [0.4, 0.5) is 0 Å². The summed E-state index contributed by atoms with van der Waals surface area (Å²) in [6, 6.07) is 0. The van der Waals surface area contributed by atoms with Gasteiger partial charge >= 0.3 is 0 Å². The Balaban J connectivity index is 2.47. The van der Waals surface area contributed by atoms with E-state index in [9.17, 15) is 4.79 Å². The number of piperidine rings is 1. The van der Waals surface area contributed by atoms with Crippen molar-refractivity contribution < 1.29 is 4.79 Å². The Hall–Kier alpha value is -0.790. The molecular formula is C9H15NO. The first kappa shape index (κ1) is 8.31. The van der Waals surface area contributed by atoms with Crippen LogP contribution in [0, 0.1) is 0 Å². The van der Waals surface area contributed by atoms with Gasteiger partial charge in [-0.15, -0.1) is 0 Å². The third-order valence-corrected chi connectivity index (χ3v) is 1.88. The van der Waals surface area contributed by atoms with Crippen LogP contribution in [0.15, 0.2) is 11.6 Å². The second-order valence-electron chi connectivity index (χ2n) is 2.88. The molecule has 0 atom stereocenters. The van der Waals surface area contributed by atoms with Crippen LogP contribution in [-0.4, -0.2) is 12.5 Å². The average Bonchev–Trinajstić information content (AvgIpc) is 2.03. The van der Waals surface area contributed by atoms with Gasteiger partial charge in [-0.2, -0.15) is 0 Å². The molecule has 11 heavy (non-hydrogen) atoms. The fourth-order valence-corrected chi connectivity index (χ4v) is 1.22. The average molecular weight is 153 g/mol. The van der Waals surface area contributed by atoms with E-state index in [-0.39, 0.29) is 5.91 Å². The molecule has 1 rings (SSSR count). The highest BCUT2D eigenvalue weighted by atomic mass is 16.1. The zero-order chi connectivity index (χ0) is 8.10. The topological polar surface area (TPSA) is 29.1 Å². The summed E-state index contributed by atoms with van der Waals surface area (Å²) in [6.07, 6.45) is 6.28. The highest BCUT2D eigenvalue weighted by Crippen LogP contribution is 2.10. The summed E-state index contributed by atoms with van der Waals surface area (Å²) in [5, 5.41) is 2.83. The number of nitrogens with one attached hydrogen (secondary N) is 1. The number of carbonyl (C=O) groups is 1. The van der Waals surface area contributed by atoms with Gasteiger partial charge in [0.05, 0.1) is 0 Å². The summed E-state index contributed by atoms with van der Waals surface area (Å²) in [5.74, 6) is 0.143. The van der Waals surface area contributed by atoms with Crippen LogP contribution >= 0.6 is 0 Å². The molecule has 0 aromatic heterocycles. The first-order chi connectivity index (χ1) is 5.34. The van der Waals surface area contributed by atoms with Crippen LogP contribution in [0.2, 0.25) is 0 Å². The van der Waals surface area contributed by atoms with Crippen molar-refractivity contribution in [2.75, 3.05) is 6.54 Å². The molecule has 1 aliphatic rings. The summed E-state index contributed by atoms with van der Waals surface area (Å²) in [4.78, 5) is 11.1. The molecule has 1 saturated heterocycles. The second-order valence-corrected chi connectivity index (χ2v) is 2.88. The maximum Gasteiger partial charge on any atom is 0.246 e. The van der Waals surface area contributed by atoms with E-state index in [0.29, 0.717) is 0 Å². The van der Waals surface area contributed by atoms with Crippen LogP contribution in [0.5, 0.6) is 0 Å². The molecule has 0 radical (unpaired) electrons. The van der Waals surface area contributed by atoms with Gasteiger partial charge in [-0.25, -0.2) is 0 Å². The van der Waals surface area contributed by atoms with Crippen LogP contribution in [0.1, 0.15) is 32.6 Å². The van der Waals surface area contributed by atoms with Gasteiger partial charge < -0.3 is 5.32 Å². The van der Waals surface area contributed by atoms with Gasteiger partial charge in [0.1, 0.15) is 0 Å². The van der Waals surface area contributed by atoms with Crippen molar-refractivity contribution in [2.24, 2.45) is 0 Å². The minimum Gasteiger partial charge on any atom is -0.352 e. The SMILES string of the molecule is CCC/C=C1\CCCNC1=O. The summed E-state index contributed by atoms with van der Waals surface area (Å²) in [6.45, 7) is 2.97. The molecule has 0 aromatic rings. The van der Waals surface area contributed by atoms with E-state index in [4.69, 9.17) is 0 Å². The zero-order valence-corrected chi connectivity index (χ0v) is 7.02. The van der Waals surface area contributed by atoms with Crippen molar-refractivity contribution in [2.45, 2.75) is 32.6 Å². The molecule has 0 aliphatic carbocycles. The minimum atomic E-state index is 0.143. The summed E-state index contributed by atoms with van der Waals surface area (Å²) < 4.78 is 0. The molecule has 0 spiro atoms. The van der Waals surface area contributed by atoms with Gasteiger partial charge in [0.25, 0.3) is 0 Å². The van der Waals surface area contributed by atoms with Gasteiger partial charge in [0.15, 0.2) is 0 Å². The maximum atomic E-state index is 11.1. The molecular weight excluding hydrogens is 138 g/mol. The molecule has 1 aliphatic heterocycles. The Morgan fingerprint density at radius 1 is 1.64 bits per heavy atom. The lowest BCUT2D eigenvalue weighted by Crippen LogP contribution is -2.30. The number of hydrogen-bond donors (Lipinski definition) is 1. The van der Waals surface area contributed by atoms with Gasteiger partial charge in [0, 0.05) is 12.1 Å². The lowest BCUT2D eigenvalue weighted by Gasteiger charge is -2.14. The second kappa shape index (κ2) is 4.16. The largest absolute Gasteiger partial charge is 0.352 e. The Kier molecular flexibility index (Phi) is 3.14. The Morgan fingerprint density at radius 2 is 2.45 bits per heavy atom. The highest BCUT2D eigenvalue weighted by Gasteiger charge is 2.12. The van der Waals surface area contributed by atoms with Gasteiger partial charge in [-0.1, -0.05) is 19.4 Å². The van der Waals surface area contributed by atoms with Gasteiger partial charge in [0.2, 0.25) is 5.91 Å². The third kappa shape index (κ3) is 2.37. The number of carbonyl (C=O) groups excluding carboxylic acids is 1. The molecule has 0 aromatic carbocycles. The monoisotopic (exact) mass is 153 g/mol. The van der Waals surface area contributed by atoms with Crippen molar-refractivity contribution in [1.29, 1.82) is 0 Å². The van der Waals surface area contributed by atoms with Crippen molar-refractivity contribution in [1.82, 2.24) is 5.32 Å². The van der Waals surface area contributed by atoms with E-state index in [1.165, 1.54) is 0 Å². The normalized spacial score (nSPS) is 21.9. The van der Waals surface area contributed by atoms with Crippen LogP contribution in [-0.2, 0) is 4.79 Å². The smallest absolute Gasteiger partial charge is 0.246 e. The molecule has 2 nitrogen and oxygen atoms in total. The van der Waals surface area contributed by atoms with E-state index < -0.39 is 0 Å². The first-order valence-electron chi connectivity index (χ1n) is 4.32. The summed E-state index contributed by atoms with van der Waals surface area (Å²) in [5.41, 5.74) is 0.984. The predicted octanol–water partition coefficient (Wildman–Crippen LogP) is 1.62. The molecule has 0 bridgehead atoms. The van der Waals surface area contributed by atoms with E-state index in [1.807, 2.05) is 0 Å². The molecule has 1 fully saturated rings. The van der Waals surface area contributed by atoms with Crippen molar-refractivity contribution in [3.05, 3.63) is 11.6 Å². The number of allylic oxidation sites excluding steroid dienone is 1. The van der Waals surface area contributed by atoms with Crippen molar-refractivity contribution in [3.63, 3.8) is 0 Å². The van der Waals surface area contributed by atoms with Crippen LogP contribution in [0.3, 0.4) is 0 Å². The Bertz CT molecular complexity index is 172. The molecule has 1 amide bonds. The molecule has 1 heterocycles. The maximum absolute atomic E-state index is 11.1. The zero-order valence-electron chi connectivity index (χ0n) is 7.02. The van der Waals surface area contributed by atoms with Gasteiger partial charge in [-0.3, -0.25) is 4.79 Å². The molecule has 0 saturated carbocycles. The lowest BCUT2D eigenvalue weighted by atomic mass is 10.0. The van der Waals surface area contributed by atoms with E-state index >= 15 is 0 Å². The molecule has 1 N–H and O–H groups in total. The standard InChI is InChI=1S/C9H15NO/c1-2-3-5-8-6-4-7-10-9(8)11/h5H,2-4,6-7H2,1H3,(H,10,11)/b8-5+. The molecule has 2 heteroatoms. The predicted molar refractivity (Wildman–Crippen MR) is 45.2 cm³/mol. The fourth-order valence-electron chi connectivity index (χ4n) is 1.22. The molecule has 62 valence electrons. The highest BCUT2D eigenvalue weighted by molar-refractivity contribution is 5.93. The van der Waals surface area contributed by atoms with Crippen molar-refractivity contribution >= 4 is 5.91 Å². The fraction of sp³-hybridized carbons (Fsp3) is 0.667. The Morgan fingerprint density at radius 3 is 3.09 bits per heavy atom. The third-order valence-electron chi connectivity index (χ3n) is 1.88. The van der Waals surface area contributed by atoms with Crippen LogP contribution in [0.25, 0.3) is 0 Å². The summed E-state index contributed by atoms with van der Waals surface area (Å²) >= 11 is 0. The van der Waals surface area contributed by atoms with Crippen LogP contribution < -0.4 is 5.32 Å². The molecule has 0 unspecified atom stereocenters. The summed E-state index contributed by atoms with van der Waals surface area (Å²) in [7, 11) is 0. The minimum absolute atomic E-state index is 0.143. The Labute approximate surface area is 67.7 Å². The quantitative estimate of drug-likeness (QED) is 0.600. The number of unbranched alkanes of at least 4 members (excludes halogenated alkanes) is 1. The van der Waals surface area contributed by atoms with Crippen molar-refractivity contribution in [3.8, 4) is 0 Å². The van der Waals surface area contributed by atoms with E-state index in [0.717, 1.165) is 37.8 Å². The van der Waals surface area contributed by atoms with E-state index in [2.05, 4.69) is 18.3 Å².